The Bertz CT molecular complexity index is 1080. The molecule has 0 unspecified atom stereocenters. The Kier molecular flexibility index (Phi) is 5.76. The van der Waals surface area contributed by atoms with Crippen LogP contribution in [0.1, 0.15) is 39.3 Å². The van der Waals surface area contributed by atoms with Gasteiger partial charge in [-0.1, -0.05) is 0 Å². The van der Waals surface area contributed by atoms with Gasteiger partial charge in [0.2, 0.25) is 5.82 Å². The summed E-state index contributed by atoms with van der Waals surface area (Å²) in [6.45, 7) is 6.41. The third-order valence-electron chi connectivity index (χ3n) is 5.49. The average Bonchev–Trinajstić information content (AvgIpc) is 3.33. The first kappa shape index (κ1) is 22.6. The van der Waals surface area contributed by atoms with Gasteiger partial charge in [0, 0.05) is 31.0 Å². The molecule has 10 nitrogen and oxygen atoms in total. The number of hydrogen-bond donors (Lipinski definition) is 1. The smallest absolute Gasteiger partial charge is 0.410 e. The van der Waals surface area contributed by atoms with Gasteiger partial charge in [0.15, 0.2) is 0 Å². The van der Waals surface area contributed by atoms with E-state index in [1.165, 1.54) is 18.3 Å². The standard InChI is InChI=1S/C21H24F2N6O4/c1-21(2,3)33-20(30)28-11-13-9-14(28)10-27(13)17-5-4-16(29(31)32)19(26-17)25-12-6-7-24-15(8-12)18(22)23/h4-8,13-14,18H,9-11H2,1-3H3,(H,24,25,26)/t13-,14-/m1/s1. The zero-order valence-electron chi connectivity index (χ0n) is 18.4. The first-order valence-corrected chi connectivity index (χ1v) is 10.4. The maximum Gasteiger partial charge on any atom is 0.410 e. The normalized spacial score (nSPS) is 19.8. The SMILES string of the molecule is CC(C)(C)OC(=O)N1C[C@H]2C[C@@H]1CN2c1ccc([N+](=O)[O-])c(Nc2ccnc(C(F)F)c2)n1. The third-order valence-corrected chi connectivity index (χ3v) is 5.49. The zero-order chi connectivity index (χ0) is 23.9. The number of ether oxygens (including phenoxy) is 1. The van der Waals surface area contributed by atoms with Crippen LogP contribution in [0.2, 0.25) is 0 Å². The highest BCUT2D eigenvalue weighted by atomic mass is 19.3. The summed E-state index contributed by atoms with van der Waals surface area (Å²) in [4.78, 5) is 35.1. The molecule has 1 N–H and O–H groups in total. The molecule has 4 heterocycles. The van der Waals surface area contributed by atoms with E-state index >= 15 is 0 Å². The molecule has 33 heavy (non-hydrogen) atoms. The second kappa shape index (κ2) is 8.41. The maximum atomic E-state index is 13.0. The molecule has 4 rings (SSSR count). The van der Waals surface area contributed by atoms with Crippen LogP contribution in [-0.4, -0.2) is 56.7 Å². The molecule has 0 aromatic carbocycles. The highest BCUT2D eigenvalue weighted by Crippen LogP contribution is 2.37. The lowest BCUT2D eigenvalue weighted by Crippen LogP contribution is -2.50. The summed E-state index contributed by atoms with van der Waals surface area (Å²) >= 11 is 0. The first-order valence-electron chi connectivity index (χ1n) is 10.4. The Morgan fingerprint density at radius 1 is 1.27 bits per heavy atom. The van der Waals surface area contributed by atoms with Crippen LogP contribution in [0.5, 0.6) is 0 Å². The number of pyridine rings is 2. The predicted octanol–water partition coefficient (Wildman–Crippen LogP) is 4.26. The van der Waals surface area contributed by atoms with E-state index in [2.05, 4.69) is 15.3 Å². The van der Waals surface area contributed by atoms with E-state index in [-0.39, 0.29) is 35.4 Å². The van der Waals surface area contributed by atoms with E-state index < -0.39 is 22.6 Å². The lowest BCUT2D eigenvalue weighted by molar-refractivity contribution is -0.384. The monoisotopic (exact) mass is 462 g/mol. The van der Waals surface area contributed by atoms with Crippen molar-refractivity contribution in [1.82, 2.24) is 14.9 Å². The molecule has 12 heteroatoms. The Morgan fingerprint density at radius 2 is 2.03 bits per heavy atom. The number of halogens is 2. The van der Waals surface area contributed by atoms with Crippen LogP contribution in [0.3, 0.4) is 0 Å². The lowest BCUT2D eigenvalue weighted by Gasteiger charge is -2.35. The molecular weight excluding hydrogens is 438 g/mol. The van der Waals surface area contributed by atoms with Crippen molar-refractivity contribution in [2.45, 2.75) is 51.3 Å². The maximum absolute atomic E-state index is 13.0. The molecular formula is C21H24F2N6O4. The van der Waals surface area contributed by atoms with Crippen molar-refractivity contribution in [3.8, 4) is 0 Å². The van der Waals surface area contributed by atoms with Gasteiger partial charge in [-0.2, -0.15) is 0 Å². The number of carbonyl (C=O) groups is 1. The number of nitrogens with one attached hydrogen (secondary N) is 1. The number of nitrogens with zero attached hydrogens (tertiary/aromatic N) is 5. The molecule has 0 saturated carbocycles. The second-order valence-electron chi connectivity index (χ2n) is 9.02. The molecule has 2 aliphatic rings. The van der Waals surface area contributed by atoms with Crippen molar-refractivity contribution in [2.75, 3.05) is 23.3 Å². The summed E-state index contributed by atoms with van der Waals surface area (Å²) in [6.07, 6.45) is -1.19. The fourth-order valence-electron chi connectivity index (χ4n) is 4.11. The number of fused-ring (bicyclic) bond motifs is 2. The van der Waals surface area contributed by atoms with Gasteiger partial charge in [-0.05, 0) is 45.4 Å². The second-order valence-corrected chi connectivity index (χ2v) is 9.02. The van der Waals surface area contributed by atoms with Gasteiger partial charge in [-0.3, -0.25) is 15.1 Å². The average molecular weight is 462 g/mol. The minimum Gasteiger partial charge on any atom is -0.444 e. The van der Waals surface area contributed by atoms with Gasteiger partial charge in [0.05, 0.1) is 17.0 Å². The number of rotatable bonds is 5. The Labute approximate surface area is 188 Å². The van der Waals surface area contributed by atoms with E-state index in [0.717, 1.165) is 12.5 Å². The highest BCUT2D eigenvalue weighted by Gasteiger charge is 2.47. The number of alkyl halides is 2. The van der Waals surface area contributed by atoms with Crippen LogP contribution >= 0.6 is 0 Å². The fourth-order valence-corrected chi connectivity index (χ4v) is 4.11. The van der Waals surface area contributed by atoms with Crippen molar-refractivity contribution in [1.29, 1.82) is 0 Å². The summed E-state index contributed by atoms with van der Waals surface area (Å²) in [5, 5.41) is 14.3. The number of hydrogen-bond acceptors (Lipinski definition) is 8. The van der Waals surface area contributed by atoms with Crippen LogP contribution < -0.4 is 10.2 Å². The van der Waals surface area contributed by atoms with Gasteiger partial charge in [0.25, 0.3) is 6.43 Å². The topological polar surface area (TPSA) is 114 Å². The van der Waals surface area contributed by atoms with Gasteiger partial charge in [-0.15, -0.1) is 0 Å². The quantitative estimate of drug-likeness (QED) is 0.518. The van der Waals surface area contributed by atoms with Crippen LogP contribution in [0.4, 0.5) is 36.6 Å². The number of amides is 1. The molecule has 2 aliphatic heterocycles. The van der Waals surface area contributed by atoms with Crippen LogP contribution in [-0.2, 0) is 4.74 Å². The molecule has 176 valence electrons. The summed E-state index contributed by atoms with van der Waals surface area (Å²) in [6, 6.07) is 5.39. The van der Waals surface area contributed by atoms with Crippen LogP contribution in [0.15, 0.2) is 30.5 Å². The number of nitro groups is 1. The minimum atomic E-state index is -2.77. The van der Waals surface area contributed by atoms with Crippen LogP contribution in [0.25, 0.3) is 0 Å². The Hall–Kier alpha value is -3.57. The van der Waals surface area contributed by atoms with E-state index in [1.54, 1.807) is 11.0 Å². The number of carbonyl (C=O) groups excluding carboxylic acids is 1. The number of aromatic nitrogens is 2. The summed E-state index contributed by atoms with van der Waals surface area (Å²) < 4.78 is 31.4. The predicted molar refractivity (Wildman–Crippen MR) is 116 cm³/mol. The van der Waals surface area contributed by atoms with E-state index in [4.69, 9.17) is 4.74 Å². The Morgan fingerprint density at radius 3 is 2.64 bits per heavy atom. The van der Waals surface area contributed by atoms with Gasteiger partial charge in [-0.25, -0.2) is 18.6 Å². The molecule has 1 amide bonds. The molecule has 2 aromatic heterocycles. The van der Waals surface area contributed by atoms with E-state index in [9.17, 15) is 23.7 Å². The largest absolute Gasteiger partial charge is 0.444 e. The highest BCUT2D eigenvalue weighted by molar-refractivity contribution is 5.71. The molecule has 0 radical (unpaired) electrons. The lowest BCUT2D eigenvalue weighted by atomic mass is 10.2. The van der Waals surface area contributed by atoms with Crippen molar-refractivity contribution in [3.05, 3.63) is 46.3 Å². The van der Waals surface area contributed by atoms with E-state index in [1.807, 2.05) is 25.7 Å². The van der Waals surface area contributed by atoms with Crippen molar-refractivity contribution in [3.63, 3.8) is 0 Å². The Balaban J connectivity index is 1.54. The molecule has 2 saturated heterocycles. The van der Waals surface area contributed by atoms with Gasteiger partial charge < -0.3 is 19.9 Å². The summed E-state index contributed by atoms with van der Waals surface area (Å²) in [5.41, 5.74) is -1.10. The molecule has 2 bridgehead atoms. The minimum absolute atomic E-state index is 0.00399. The first-order chi connectivity index (χ1) is 15.5. The molecule has 2 fully saturated rings. The molecule has 2 aromatic rings. The molecule has 2 atom stereocenters. The zero-order valence-corrected chi connectivity index (χ0v) is 18.4. The van der Waals surface area contributed by atoms with Crippen molar-refractivity contribution < 1.29 is 23.2 Å². The van der Waals surface area contributed by atoms with Gasteiger partial charge in [0.1, 0.15) is 17.1 Å². The van der Waals surface area contributed by atoms with Crippen molar-refractivity contribution >= 4 is 29.1 Å². The number of piperazine rings is 1. The van der Waals surface area contributed by atoms with Gasteiger partial charge >= 0.3 is 11.8 Å². The third kappa shape index (κ3) is 4.78. The molecule has 0 aliphatic carbocycles. The van der Waals surface area contributed by atoms with Crippen molar-refractivity contribution in [2.24, 2.45) is 0 Å². The van der Waals surface area contributed by atoms with E-state index in [0.29, 0.717) is 18.9 Å². The summed E-state index contributed by atoms with van der Waals surface area (Å²) in [5.74, 6) is 0.443. The number of anilines is 3. The fraction of sp³-hybridized carbons (Fsp3) is 0.476. The number of likely N-dealkylation sites (tertiary alicyclic amines) is 1. The molecule has 0 spiro atoms. The van der Waals surface area contributed by atoms with Crippen LogP contribution in [0, 0.1) is 10.1 Å². The summed E-state index contributed by atoms with van der Waals surface area (Å²) in [7, 11) is 0.